The molecule has 7 nitrogen and oxygen atoms in total. The van der Waals surface area contributed by atoms with Crippen LogP contribution in [0.1, 0.15) is 52.9 Å². The van der Waals surface area contributed by atoms with Crippen molar-refractivity contribution in [2.75, 3.05) is 0 Å². The average Bonchev–Trinajstić information content (AvgIpc) is 3.06. The lowest BCUT2D eigenvalue weighted by atomic mass is 9.90. The monoisotopic (exact) mass is 329 g/mol. The lowest BCUT2D eigenvalue weighted by Gasteiger charge is -2.21. The molecule has 130 valence electrons. The third-order valence-corrected chi connectivity index (χ3v) is 3.74. The van der Waals surface area contributed by atoms with Gasteiger partial charge in [0.1, 0.15) is 0 Å². The number of rotatable bonds is 4. The van der Waals surface area contributed by atoms with Crippen LogP contribution < -0.4 is 5.73 Å². The van der Waals surface area contributed by atoms with Gasteiger partial charge in [0.15, 0.2) is 0 Å². The van der Waals surface area contributed by atoms with Gasteiger partial charge in [-0.15, -0.1) is 16.6 Å². The lowest BCUT2D eigenvalue weighted by Crippen LogP contribution is -2.43. The Kier molecular flexibility index (Phi) is 4.55. The van der Waals surface area contributed by atoms with Crippen molar-refractivity contribution in [2.24, 2.45) is 5.73 Å². The van der Waals surface area contributed by atoms with Gasteiger partial charge in [0.2, 0.25) is 0 Å². The summed E-state index contributed by atoms with van der Waals surface area (Å²) in [5, 5.41) is 16.7. The molecule has 0 aliphatic carbocycles. The fraction of sp³-hybridized carbons (Fsp3) is 0.647. The molecule has 0 unspecified atom stereocenters. The topological polar surface area (TPSA) is 87.4 Å². The molecular formula is C17H27N7. The van der Waals surface area contributed by atoms with Crippen LogP contribution in [-0.2, 0) is 23.9 Å². The Morgan fingerprint density at radius 2 is 1.29 bits per heavy atom. The Morgan fingerprint density at radius 1 is 0.917 bits per heavy atom. The lowest BCUT2D eigenvalue weighted by molar-refractivity contribution is 0.346. The van der Waals surface area contributed by atoms with E-state index in [2.05, 4.69) is 68.1 Å². The van der Waals surface area contributed by atoms with Crippen molar-refractivity contribution >= 4 is 0 Å². The Labute approximate surface area is 143 Å². The van der Waals surface area contributed by atoms with Gasteiger partial charge < -0.3 is 5.73 Å². The van der Waals surface area contributed by atoms with Crippen molar-refractivity contribution in [3.8, 4) is 12.3 Å². The molecule has 0 spiro atoms. The van der Waals surface area contributed by atoms with Crippen molar-refractivity contribution < 1.29 is 0 Å². The molecule has 0 aliphatic heterocycles. The van der Waals surface area contributed by atoms with Gasteiger partial charge in [0.25, 0.3) is 0 Å². The zero-order valence-electron chi connectivity index (χ0n) is 15.4. The molecule has 7 heteroatoms. The van der Waals surface area contributed by atoms with Gasteiger partial charge in [-0.2, -0.15) is 0 Å². The largest absolute Gasteiger partial charge is 0.315 e. The van der Waals surface area contributed by atoms with E-state index in [0.717, 1.165) is 11.4 Å². The Balaban J connectivity index is 2.16. The van der Waals surface area contributed by atoms with Gasteiger partial charge in [0.05, 0.1) is 28.0 Å². The normalized spacial score (nSPS) is 13.1. The molecule has 2 heterocycles. The zero-order valence-corrected chi connectivity index (χ0v) is 15.4. The standard InChI is InChI=1S/C17H27N7/c1-8-17(18,9-13-11-23(21-19-13)15(2,3)4)10-14-12-24(22-20-14)16(5,6)7/h1,11-12H,9-10,18H2,2-7H3. The van der Waals surface area contributed by atoms with Gasteiger partial charge in [-0.1, -0.05) is 16.3 Å². The maximum atomic E-state index is 6.41. The molecule has 0 atom stereocenters. The van der Waals surface area contributed by atoms with Crippen molar-refractivity contribution in [1.29, 1.82) is 0 Å². The number of nitrogens with two attached hydrogens (primary N) is 1. The second-order valence-electron chi connectivity index (χ2n) is 8.30. The van der Waals surface area contributed by atoms with Crippen LogP contribution in [0.2, 0.25) is 0 Å². The van der Waals surface area contributed by atoms with Gasteiger partial charge in [0, 0.05) is 25.2 Å². The van der Waals surface area contributed by atoms with Crippen LogP contribution in [0.5, 0.6) is 0 Å². The molecule has 0 aromatic carbocycles. The van der Waals surface area contributed by atoms with Crippen LogP contribution in [0.25, 0.3) is 0 Å². The maximum absolute atomic E-state index is 6.41. The predicted molar refractivity (Wildman–Crippen MR) is 93.2 cm³/mol. The second kappa shape index (κ2) is 6.02. The van der Waals surface area contributed by atoms with Crippen LogP contribution in [0, 0.1) is 12.3 Å². The summed E-state index contributed by atoms with van der Waals surface area (Å²) in [6.45, 7) is 12.4. The van der Waals surface area contributed by atoms with Crippen LogP contribution in [-0.4, -0.2) is 35.5 Å². The summed E-state index contributed by atoms with van der Waals surface area (Å²) in [5.74, 6) is 2.70. The highest BCUT2D eigenvalue weighted by molar-refractivity contribution is 5.21. The quantitative estimate of drug-likeness (QED) is 0.859. The van der Waals surface area contributed by atoms with Crippen LogP contribution in [0.3, 0.4) is 0 Å². The highest BCUT2D eigenvalue weighted by Gasteiger charge is 2.28. The highest BCUT2D eigenvalue weighted by atomic mass is 15.4. The first-order chi connectivity index (χ1) is 10.9. The maximum Gasteiger partial charge on any atom is 0.0887 e. The highest BCUT2D eigenvalue weighted by Crippen LogP contribution is 2.18. The second-order valence-corrected chi connectivity index (χ2v) is 8.30. The summed E-state index contributed by atoms with van der Waals surface area (Å²) in [6, 6.07) is 0. The van der Waals surface area contributed by atoms with Crippen LogP contribution in [0.15, 0.2) is 12.4 Å². The molecule has 0 saturated heterocycles. The van der Waals surface area contributed by atoms with E-state index in [4.69, 9.17) is 12.2 Å². The molecule has 0 aliphatic rings. The van der Waals surface area contributed by atoms with E-state index < -0.39 is 5.54 Å². The van der Waals surface area contributed by atoms with E-state index in [1.165, 1.54) is 0 Å². The summed E-state index contributed by atoms with van der Waals surface area (Å²) in [4.78, 5) is 0. The first-order valence-electron chi connectivity index (χ1n) is 8.03. The fourth-order valence-electron chi connectivity index (χ4n) is 2.23. The number of hydrogen-bond donors (Lipinski definition) is 1. The van der Waals surface area contributed by atoms with Crippen molar-refractivity contribution in [2.45, 2.75) is 71.0 Å². The minimum atomic E-state index is -0.877. The van der Waals surface area contributed by atoms with Gasteiger partial charge in [-0.05, 0) is 41.5 Å². The molecule has 0 bridgehead atoms. The summed E-state index contributed by atoms with van der Waals surface area (Å²) in [7, 11) is 0. The molecule has 2 aromatic rings. The molecule has 2 N–H and O–H groups in total. The minimum absolute atomic E-state index is 0.131. The van der Waals surface area contributed by atoms with Crippen LogP contribution in [0.4, 0.5) is 0 Å². The molecule has 24 heavy (non-hydrogen) atoms. The third kappa shape index (κ3) is 4.20. The molecule has 2 aromatic heterocycles. The molecule has 0 radical (unpaired) electrons. The Morgan fingerprint density at radius 3 is 1.54 bits per heavy atom. The van der Waals surface area contributed by atoms with Crippen LogP contribution >= 0.6 is 0 Å². The number of hydrogen-bond acceptors (Lipinski definition) is 5. The van der Waals surface area contributed by atoms with Gasteiger partial charge in [-0.3, -0.25) is 0 Å². The third-order valence-electron chi connectivity index (χ3n) is 3.74. The van der Waals surface area contributed by atoms with Crippen molar-refractivity contribution in [3.05, 3.63) is 23.8 Å². The van der Waals surface area contributed by atoms with E-state index >= 15 is 0 Å². The summed E-state index contributed by atoms with van der Waals surface area (Å²) in [5.41, 5.74) is 6.81. The molecule has 0 saturated carbocycles. The first-order valence-corrected chi connectivity index (χ1v) is 8.03. The van der Waals surface area contributed by atoms with Gasteiger partial charge in [-0.25, -0.2) is 9.36 Å². The minimum Gasteiger partial charge on any atom is -0.315 e. The van der Waals surface area contributed by atoms with E-state index in [1.807, 2.05) is 21.8 Å². The average molecular weight is 329 g/mol. The summed E-state index contributed by atoms with van der Waals surface area (Å²) >= 11 is 0. The Hall–Kier alpha value is -2.20. The molecular weight excluding hydrogens is 302 g/mol. The van der Waals surface area contributed by atoms with E-state index in [9.17, 15) is 0 Å². The summed E-state index contributed by atoms with van der Waals surface area (Å²) in [6.07, 6.45) is 10.4. The molecule has 0 fully saturated rings. The molecule has 0 amide bonds. The summed E-state index contributed by atoms with van der Waals surface area (Å²) < 4.78 is 3.63. The van der Waals surface area contributed by atoms with Gasteiger partial charge >= 0.3 is 0 Å². The van der Waals surface area contributed by atoms with Crippen molar-refractivity contribution in [3.63, 3.8) is 0 Å². The first kappa shape index (κ1) is 18.1. The van der Waals surface area contributed by atoms with E-state index in [0.29, 0.717) is 12.8 Å². The number of terminal acetylenes is 1. The SMILES string of the molecule is C#CC(N)(Cc1cn(C(C)(C)C)nn1)Cc1cn(C(C)(C)C)nn1. The van der Waals surface area contributed by atoms with E-state index in [1.54, 1.807) is 0 Å². The predicted octanol–water partition coefficient (Wildman–Crippen LogP) is 1.50. The fourth-order valence-corrected chi connectivity index (χ4v) is 2.23. The smallest absolute Gasteiger partial charge is 0.0887 e. The number of nitrogens with zero attached hydrogens (tertiary/aromatic N) is 6. The van der Waals surface area contributed by atoms with Crippen molar-refractivity contribution in [1.82, 2.24) is 30.0 Å². The zero-order chi connectivity index (χ0) is 18.2. The Bertz CT molecular complexity index is 680. The molecule has 2 rings (SSSR count). The van der Waals surface area contributed by atoms with E-state index in [-0.39, 0.29) is 11.1 Å². The number of aromatic nitrogens is 6.